The number of nitrogens with zero attached hydrogens (tertiary/aromatic N) is 2. The van der Waals surface area contributed by atoms with Crippen molar-refractivity contribution in [3.8, 4) is 0 Å². The number of hydrogen-bond donors (Lipinski definition) is 0. The summed E-state index contributed by atoms with van der Waals surface area (Å²) in [5, 5.41) is 0. The quantitative estimate of drug-likeness (QED) is 0.869. The van der Waals surface area contributed by atoms with Crippen LogP contribution in [0.25, 0.3) is 0 Å². The second kappa shape index (κ2) is 6.43. The normalized spacial score (nSPS) is 14.1. The van der Waals surface area contributed by atoms with Gasteiger partial charge < -0.3 is 9.80 Å². The van der Waals surface area contributed by atoms with Crippen LogP contribution in [0.2, 0.25) is 0 Å². The summed E-state index contributed by atoms with van der Waals surface area (Å²) in [4.78, 5) is 28.4. The van der Waals surface area contributed by atoms with Crippen LogP contribution in [0.15, 0.2) is 48.5 Å². The van der Waals surface area contributed by atoms with Crippen LogP contribution in [0.5, 0.6) is 0 Å². The van der Waals surface area contributed by atoms with Crippen molar-refractivity contribution in [2.45, 2.75) is 26.3 Å². The van der Waals surface area contributed by atoms with Gasteiger partial charge in [-0.2, -0.15) is 0 Å². The molecule has 0 aliphatic carbocycles. The largest absolute Gasteiger partial charge is 0.306 e. The first-order valence-electron chi connectivity index (χ1n) is 7.93. The van der Waals surface area contributed by atoms with Gasteiger partial charge in [0.15, 0.2) is 0 Å². The Hall–Kier alpha value is -2.69. The minimum Gasteiger partial charge on any atom is -0.306 e. The predicted octanol–water partition coefficient (Wildman–Crippen LogP) is 3.16. The Morgan fingerprint density at radius 3 is 2.50 bits per heavy atom. The molecule has 1 aliphatic rings. The van der Waals surface area contributed by atoms with Gasteiger partial charge in [0.2, 0.25) is 11.8 Å². The lowest BCUT2D eigenvalue weighted by Gasteiger charge is -2.38. The van der Waals surface area contributed by atoms with Gasteiger partial charge in [-0.3, -0.25) is 9.59 Å². The summed E-state index contributed by atoms with van der Waals surface area (Å²) in [6.45, 7) is 3.89. The number of anilines is 2. The Labute approximate surface area is 140 Å². The maximum absolute atomic E-state index is 13.3. The molecule has 0 atom stereocenters. The van der Waals surface area contributed by atoms with E-state index < -0.39 is 0 Å². The fraction of sp³-hybridized carbons (Fsp3) is 0.263. The molecule has 2 amide bonds. The van der Waals surface area contributed by atoms with Crippen molar-refractivity contribution < 1.29 is 14.0 Å². The molecule has 0 aromatic heterocycles. The molecule has 5 heteroatoms. The van der Waals surface area contributed by atoms with E-state index in [2.05, 4.69) is 0 Å². The van der Waals surface area contributed by atoms with Gasteiger partial charge in [0.05, 0.1) is 17.8 Å². The third-order valence-corrected chi connectivity index (χ3v) is 4.06. The van der Waals surface area contributed by atoms with Crippen LogP contribution in [0, 0.1) is 5.82 Å². The zero-order chi connectivity index (χ0) is 17.3. The van der Waals surface area contributed by atoms with Crippen molar-refractivity contribution in [2.24, 2.45) is 0 Å². The number of fused-ring (bicyclic) bond motifs is 1. The molecule has 2 aromatic rings. The van der Waals surface area contributed by atoms with E-state index in [0.29, 0.717) is 11.3 Å². The van der Waals surface area contributed by atoms with Crippen LogP contribution in [-0.4, -0.2) is 24.4 Å². The molecule has 124 valence electrons. The van der Waals surface area contributed by atoms with Crippen molar-refractivity contribution in [1.29, 1.82) is 0 Å². The van der Waals surface area contributed by atoms with Crippen LogP contribution in [0.4, 0.5) is 15.8 Å². The van der Waals surface area contributed by atoms with E-state index in [0.717, 1.165) is 5.69 Å². The first-order chi connectivity index (χ1) is 11.5. The van der Waals surface area contributed by atoms with Gasteiger partial charge in [-0.15, -0.1) is 0 Å². The molecule has 0 saturated heterocycles. The number of carbonyl (C=O) groups excluding carboxylic acids is 2. The Morgan fingerprint density at radius 2 is 1.83 bits per heavy atom. The zero-order valence-corrected chi connectivity index (χ0v) is 13.7. The van der Waals surface area contributed by atoms with Crippen molar-refractivity contribution in [3.63, 3.8) is 0 Å². The van der Waals surface area contributed by atoms with Gasteiger partial charge >= 0.3 is 0 Å². The van der Waals surface area contributed by atoms with E-state index in [-0.39, 0.29) is 36.6 Å². The van der Waals surface area contributed by atoms with Gasteiger partial charge in [-0.1, -0.05) is 24.3 Å². The molecular formula is C19H19FN2O2. The average molecular weight is 326 g/mol. The number of rotatable bonds is 3. The molecule has 0 unspecified atom stereocenters. The second-order valence-corrected chi connectivity index (χ2v) is 6.13. The number of amides is 2. The molecule has 0 spiro atoms. The summed E-state index contributed by atoms with van der Waals surface area (Å²) in [6.07, 6.45) is 0.0566. The minimum atomic E-state index is -0.374. The molecule has 1 heterocycles. The van der Waals surface area contributed by atoms with E-state index in [4.69, 9.17) is 0 Å². The molecule has 0 fully saturated rings. The van der Waals surface area contributed by atoms with Crippen molar-refractivity contribution in [1.82, 2.24) is 0 Å². The highest BCUT2D eigenvalue weighted by molar-refractivity contribution is 6.11. The molecule has 2 aromatic carbocycles. The summed E-state index contributed by atoms with van der Waals surface area (Å²) in [7, 11) is 0. The molecule has 0 radical (unpaired) electrons. The first kappa shape index (κ1) is 16.2. The molecule has 3 rings (SSSR count). The van der Waals surface area contributed by atoms with E-state index in [1.165, 1.54) is 17.0 Å². The second-order valence-electron chi connectivity index (χ2n) is 6.13. The summed E-state index contributed by atoms with van der Waals surface area (Å²) in [5.74, 6) is -0.706. The van der Waals surface area contributed by atoms with E-state index in [1.807, 2.05) is 38.1 Å². The summed E-state index contributed by atoms with van der Waals surface area (Å²) < 4.78 is 13.3. The Kier molecular flexibility index (Phi) is 4.34. The monoisotopic (exact) mass is 326 g/mol. The highest BCUT2D eigenvalue weighted by Crippen LogP contribution is 2.34. The fourth-order valence-corrected chi connectivity index (χ4v) is 3.03. The standard InChI is InChI=1S/C19H19FN2O2/c1-13(2)22-17-9-4-3-8-16(17)21(12-19(22)24)18(23)11-14-6-5-7-15(20)10-14/h3-10,13H,11-12H2,1-2H3. The van der Waals surface area contributed by atoms with Gasteiger partial charge in [0.1, 0.15) is 12.4 Å². The summed E-state index contributed by atoms with van der Waals surface area (Å²) in [5.41, 5.74) is 2.04. The van der Waals surface area contributed by atoms with Crippen LogP contribution in [0.3, 0.4) is 0 Å². The SMILES string of the molecule is CC(C)N1C(=O)CN(C(=O)Cc2cccc(F)c2)c2ccccc21. The third kappa shape index (κ3) is 3.02. The van der Waals surface area contributed by atoms with E-state index in [9.17, 15) is 14.0 Å². The van der Waals surface area contributed by atoms with Crippen molar-refractivity contribution in [2.75, 3.05) is 16.3 Å². The fourth-order valence-electron chi connectivity index (χ4n) is 3.03. The minimum absolute atomic E-state index is 0.00332. The van der Waals surface area contributed by atoms with Crippen LogP contribution in [-0.2, 0) is 16.0 Å². The average Bonchev–Trinajstić information content (AvgIpc) is 2.53. The summed E-state index contributed by atoms with van der Waals surface area (Å²) in [6, 6.07) is 13.4. The van der Waals surface area contributed by atoms with Crippen molar-refractivity contribution >= 4 is 23.2 Å². The number of hydrogen-bond acceptors (Lipinski definition) is 2. The Bertz CT molecular complexity index is 788. The lowest BCUT2D eigenvalue weighted by atomic mass is 10.1. The Morgan fingerprint density at radius 1 is 1.12 bits per heavy atom. The number of carbonyl (C=O) groups is 2. The Balaban J connectivity index is 1.92. The van der Waals surface area contributed by atoms with Crippen molar-refractivity contribution in [3.05, 3.63) is 59.9 Å². The smallest absolute Gasteiger partial charge is 0.247 e. The molecule has 0 bridgehead atoms. The molecule has 0 saturated carbocycles. The van der Waals surface area contributed by atoms with E-state index >= 15 is 0 Å². The number of benzene rings is 2. The predicted molar refractivity (Wildman–Crippen MR) is 91.5 cm³/mol. The number of halogens is 1. The van der Waals surface area contributed by atoms with E-state index in [1.54, 1.807) is 17.0 Å². The maximum atomic E-state index is 13.3. The van der Waals surface area contributed by atoms with Gasteiger partial charge in [-0.05, 0) is 43.7 Å². The summed E-state index contributed by atoms with van der Waals surface area (Å²) >= 11 is 0. The van der Waals surface area contributed by atoms with Crippen LogP contribution in [0.1, 0.15) is 19.4 Å². The molecule has 4 nitrogen and oxygen atoms in total. The maximum Gasteiger partial charge on any atom is 0.247 e. The highest BCUT2D eigenvalue weighted by atomic mass is 19.1. The molecular weight excluding hydrogens is 307 g/mol. The zero-order valence-electron chi connectivity index (χ0n) is 13.7. The topological polar surface area (TPSA) is 40.6 Å². The van der Waals surface area contributed by atoms with Gasteiger partial charge in [-0.25, -0.2) is 4.39 Å². The molecule has 1 aliphatic heterocycles. The first-order valence-corrected chi connectivity index (χ1v) is 7.93. The van der Waals surface area contributed by atoms with Gasteiger partial charge in [0, 0.05) is 6.04 Å². The van der Waals surface area contributed by atoms with Crippen LogP contribution < -0.4 is 9.80 Å². The highest BCUT2D eigenvalue weighted by Gasteiger charge is 2.33. The lowest BCUT2D eigenvalue weighted by molar-refractivity contribution is -0.122. The number of para-hydroxylation sites is 2. The van der Waals surface area contributed by atoms with Gasteiger partial charge in [0.25, 0.3) is 0 Å². The molecule has 24 heavy (non-hydrogen) atoms. The molecule has 0 N–H and O–H groups in total. The van der Waals surface area contributed by atoms with Crippen LogP contribution >= 0.6 is 0 Å². The lowest BCUT2D eigenvalue weighted by Crippen LogP contribution is -2.50. The third-order valence-electron chi connectivity index (χ3n) is 4.06.